The Hall–Kier alpha value is -1.80. The fraction of sp³-hybridized carbons (Fsp3) is 0.231. The molecule has 0 fully saturated rings. The van der Waals surface area contributed by atoms with Crippen molar-refractivity contribution in [3.63, 3.8) is 0 Å². The largest absolute Gasteiger partial charge is 0.483 e. The van der Waals surface area contributed by atoms with Crippen LogP contribution >= 0.6 is 15.9 Å². The van der Waals surface area contributed by atoms with E-state index < -0.39 is 0 Å². The van der Waals surface area contributed by atoms with Crippen LogP contribution in [-0.4, -0.2) is 24.8 Å². The summed E-state index contributed by atoms with van der Waals surface area (Å²) in [7, 11) is 0. The molecule has 1 aromatic carbocycles. The third-order valence-corrected chi connectivity index (χ3v) is 2.56. The SMILES string of the molecule is C#CCNC(=O)COc1cc(Br)ccc1C(C)=O. The maximum absolute atomic E-state index is 11.4. The van der Waals surface area contributed by atoms with Crippen LogP contribution < -0.4 is 10.1 Å². The van der Waals surface area contributed by atoms with E-state index in [-0.39, 0.29) is 24.8 Å². The molecule has 0 heterocycles. The number of carbonyl (C=O) groups excluding carboxylic acids is 2. The normalized spacial score (nSPS) is 9.39. The summed E-state index contributed by atoms with van der Waals surface area (Å²) < 4.78 is 6.08. The Labute approximate surface area is 114 Å². The smallest absolute Gasteiger partial charge is 0.258 e. The number of carbonyl (C=O) groups is 2. The number of benzene rings is 1. The number of ketones is 1. The molecule has 0 aliphatic heterocycles. The van der Waals surface area contributed by atoms with Gasteiger partial charge in [-0.15, -0.1) is 6.42 Å². The van der Waals surface area contributed by atoms with Gasteiger partial charge in [-0.05, 0) is 25.1 Å². The molecule has 4 nitrogen and oxygen atoms in total. The van der Waals surface area contributed by atoms with Gasteiger partial charge in [0, 0.05) is 4.47 Å². The standard InChI is InChI=1S/C13H12BrNO3/c1-3-6-15-13(17)8-18-12-7-10(14)4-5-11(12)9(2)16/h1,4-5,7H,6,8H2,2H3,(H,15,17). The highest BCUT2D eigenvalue weighted by Gasteiger charge is 2.10. The minimum absolute atomic E-state index is 0.124. The third-order valence-electron chi connectivity index (χ3n) is 2.07. The van der Waals surface area contributed by atoms with Crippen LogP contribution in [0.25, 0.3) is 0 Å². The van der Waals surface area contributed by atoms with E-state index in [2.05, 4.69) is 27.2 Å². The van der Waals surface area contributed by atoms with Gasteiger partial charge in [0.25, 0.3) is 5.91 Å². The maximum Gasteiger partial charge on any atom is 0.258 e. The van der Waals surface area contributed by atoms with Crippen LogP contribution in [0.5, 0.6) is 5.75 Å². The van der Waals surface area contributed by atoms with Crippen LogP contribution in [0.15, 0.2) is 22.7 Å². The lowest BCUT2D eigenvalue weighted by molar-refractivity contribution is -0.122. The number of hydrogen-bond acceptors (Lipinski definition) is 3. The summed E-state index contributed by atoms with van der Waals surface area (Å²) in [6, 6.07) is 5.02. The van der Waals surface area contributed by atoms with Crippen LogP contribution in [0.3, 0.4) is 0 Å². The fourth-order valence-corrected chi connectivity index (χ4v) is 1.59. The molecule has 0 saturated carbocycles. The predicted octanol–water partition coefficient (Wildman–Crippen LogP) is 1.78. The second kappa shape index (κ2) is 6.82. The molecule has 1 rings (SSSR count). The van der Waals surface area contributed by atoms with Crippen LogP contribution in [0.2, 0.25) is 0 Å². The van der Waals surface area contributed by atoms with Crippen molar-refractivity contribution in [3.05, 3.63) is 28.2 Å². The van der Waals surface area contributed by atoms with Gasteiger partial charge in [0.15, 0.2) is 12.4 Å². The molecule has 1 aromatic rings. The number of Topliss-reactive ketones (excluding diaryl/α,β-unsaturated/α-hetero) is 1. The maximum atomic E-state index is 11.4. The van der Waals surface area contributed by atoms with E-state index in [4.69, 9.17) is 11.2 Å². The number of rotatable bonds is 5. The zero-order chi connectivity index (χ0) is 13.5. The van der Waals surface area contributed by atoms with Gasteiger partial charge < -0.3 is 10.1 Å². The van der Waals surface area contributed by atoms with Crippen LogP contribution in [-0.2, 0) is 4.79 Å². The molecule has 0 aromatic heterocycles. The minimum atomic E-state index is -0.331. The fourth-order valence-electron chi connectivity index (χ4n) is 1.25. The molecular formula is C13H12BrNO3. The molecule has 5 heteroatoms. The summed E-state index contributed by atoms with van der Waals surface area (Å²) in [5.41, 5.74) is 0.433. The number of halogens is 1. The highest BCUT2D eigenvalue weighted by atomic mass is 79.9. The van der Waals surface area contributed by atoms with Crippen molar-refractivity contribution in [2.75, 3.05) is 13.2 Å². The molecule has 0 spiro atoms. The second-order valence-corrected chi connectivity index (χ2v) is 4.38. The molecule has 18 heavy (non-hydrogen) atoms. The number of terminal acetylenes is 1. The van der Waals surface area contributed by atoms with Gasteiger partial charge in [0.05, 0.1) is 12.1 Å². The molecule has 0 atom stereocenters. The van der Waals surface area contributed by atoms with Crippen molar-refractivity contribution in [1.82, 2.24) is 5.32 Å². The van der Waals surface area contributed by atoms with E-state index in [1.54, 1.807) is 18.2 Å². The summed E-state index contributed by atoms with van der Waals surface area (Å²) in [5, 5.41) is 2.47. The molecule has 1 N–H and O–H groups in total. The summed E-state index contributed by atoms with van der Waals surface area (Å²) in [6.45, 7) is 1.41. The van der Waals surface area contributed by atoms with Gasteiger partial charge in [0.2, 0.25) is 0 Å². The lowest BCUT2D eigenvalue weighted by atomic mass is 10.1. The lowest BCUT2D eigenvalue weighted by Crippen LogP contribution is -2.29. The van der Waals surface area contributed by atoms with Gasteiger partial charge in [-0.3, -0.25) is 9.59 Å². The third kappa shape index (κ3) is 4.22. The van der Waals surface area contributed by atoms with Gasteiger partial charge in [-0.25, -0.2) is 0 Å². The van der Waals surface area contributed by atoms with Crippen molar-refractivity contribution in [2.24, 2.45) is 0 Å². The summed E-state index contributed by atoms with van der Waals surface area (Å²) in [5.74, 6) is 2.20. The first kappa shape index (κ1) is 14.3. The average molecular weight is 310 g/mol. The summed E-state index contributed by atoms with van der Waals surface area (Å²) >= 11 is 3.28. The number of hydrogen-bond donors (Lipinski definition) is 1. The van der Waals surface area contributed by atoms with Crippen molar-refractivity contribution in [3.8, 4) is 18.1 Å². The minimum Gasteiger partial charge on any atom is -0.483 e. The first-order chi connectivity index (χ1) is 8.54. The second-order valence-electron chi connectivity index (χ2n) is 3.47. The molecule has 0 unspecified atom stereocenters. The van der Waals surface area contributed by atoms with E-state index in [0.29, 0.717) is 11.3 Å². The van der Waals surface area contributed by atoms with Crippen LogP contribution in [0.1, 0.15) is 17.3 Å². The number of amides is 1. The molecule has 0 radical (unpaired) electrons. The van der Waals surface area contributed by atoms with Crippen molar-refractivity contribution < 1.29 is 14.3 Å². The van der Waals surface area contributed by atoms with Crippen LogP contribution in [0.4, 0.5) is 0 Å². The highest BCUT2D eigenvalue weighted by molar-refractivity contribution is 9.10. The zero-order valence-electron chi connectivity index (χ0n) is 9.83. The van der Waals surface area contributed by atoms with E-state index >= 15 is 0 Å². The van der Waals surface area contributed by atoms with Gasteiger partial charge >= 0.3 is 0 Å². The lowest BCUT2D eigenvalue weighted by Gasteiger charge is -2.09. The van der Waals surface area contributed by atoms with Crippen molar-refractivity contribution in [2.45, 2.75) is 6.92 Å². The molecule has 0 bridgehead atoms. The topological polar surface area (TPSA) is 55.4 Å². The molecular weight excluding hydrogens is 298 g/mol. The van der Waals surface area contributed by atoms with Crippen molar-refractivity contribution >= 4 is 27.6 Å². The predicted molar refractivity (Wildman–Crippen MR) is 71.5 cm³/mol. The Morgan fingerprint density at radius 2 is 2.22 bits per heavy atom. The Kier molecular flexibility index (Phi) is 5.40. The van der Waals surface area contributed by atoms with Gasteiger partial charge in [-0.2, -0.15) is 0 Å². The molecule has 1 amide bonds. The molecule has 0 saturated heterocycles. The number of ether oxygens (including phenoxy) is 1. The number of nitrogens with one attached hydrogen (secondary N) is 1. The first-order valence-corrected chi connectivity index (χ1v) is 5.97. The summed E-state index contributed by atoms with van der Waals surface area (Å²) in [6.07, 6.45) is 5.01. The molecule has 94 valence electrons. The zero-order valence-corrected chi connectivity index (χ0v) is 11.4. The Bertz CT molecular complexity index is 505. The van der Waals surface area contributed by atoms with Crippen molar-refractivity contribution in [1.29, 1.82) is 0 Å². The average Bonchev–Trinajstić information content (AvgIpc) is 2.33. The Morgan fingerprint density at radius 1 is 1.50 bits per heavy atom. The highest BCUT2D eigenvalue weighted by Crippen LogP contribution is 2.24. The van der Waals surface area contributed by atoms with Gasteiger partial charge in [0.1, 0.15) is 5.75 Å². The van der Waals surface area contributed by atoms with E-state index in [1.807, 2.05) is 0 Å². The van der Waals surface area contributed by atoms with Crippen LogP contribution in [0, 0.1) is 12.3 Å². The Morgan fingerprint density at radius 3 is 2.83 bits per heavy atom. The molecule has 0 aliphatic carbocycles. The van der Waals surface area contributed by atoms with E-state index in [1.165, 1.54) is 6.92 Å². The monoisotopic (exact) mass is 309 g/mol. The first-order valence-electron chi connectivity index (χ1n) is 5.18. The summed E-state index contributed by atoms with van der Waals surface area (Å²) in [4.78, 5) is 22.7. The van der Waals surface area contributed by atoms with Gasteiger partial charge in [-0.1, -0.05) is 21.9 Å². The quantitative estimate of drug-likeness (QED) is 0.666. The van der Waals surface area contributed by atoms with E-state index in [0.717, 1.165) is 4.47 Å². The van der Waals surface area contributed by atoms with E-state index in [9.17, 15) is 9.59 Å². The Balaban J connectivity index is 2.72. The molecule has 0 aliphatic rings.